The molecule has 1 heterocycles. The fourth-order valence-corrected chi connectivity index (χ4v) is 2.39. The van der Waals surface area contributed by atoms with Gasteiger partial charge in [0.2, 0.25) is 5.91 Å². The van der Waals surface area contributed by atoms with E-state index >= 15 is 0 Å². The third-order valence-corrected chi connectivity index (χ3v) is 3.39. The molecule has 0 saturated carbocycles. The van der Waals surface area contributed by atoms with Crippen LogP contribution in [0.5, 0.6) is 0 Å². The third kappa shape index (κ3) is 3.19. The van der Waals surface area contributed by atoms with Gasteiger partial charge in [-0.2, -0.15) is 0 Å². The maximum Gasteiger partial charge on any atom is 0.227 e. The highest BCUT2D eigenvalue weighted by molar-refractivity contribution is 5.83. The van der Waals surface area contributed by atoms with Gasteiger partial charge < -0.3 is 15.7 Å². The van der Waals surface area contributed by atoms with Crippen LogP contribution in [0, 0.1) is 5.41 Å². The Labute approximate surface area is 97.8 Å². The maximum absolute atomic E-state index is 12.2. The SMILES string of the molecule is CCCC1(C(=O)NC(C)CCO)CCNC1. The molecule has 2 atom stereocenters. The van der Waals surface area contributed by atoms with Crippen molar-refractivity contribution < 1.29 is 9.90 Å². The van der Waals surface area contributed by atoms with Crippen molar-refractivity contribution in [2.75, 3.05) is 19.7 Å². The molecule has 0 aromatic carbocycles. The number of hydrogen-bond donors (Lipinski definition) is 3. The first kappa shape index (κ1) is 13.5. The summed E-state index contributed by atoms with van der Waals surface area (Å²) < 4.78 is 0. The molecular formula is C12H24N2O2. The Morgan fingerprint density at radius 3 is 2.88 bits per heavy atom. The van der Waals surface area contributed by atoms with E-state index < -0.39 is 0 Å². The zero-order valence-corrected chi connectivity index (χ0v) is 10.4. The molecule has 4 nitrogen and oxygen atoms in total. The van der Waals surface area contributed by atoms with Crippen LogP contribution in [0.4, 0.5) is 0 Å². The topological polar surface area (TPSA) is 61.4 Å². The summed E-state index contributed by atoms with van der Waals surface area (Å²) in [6, 6.07) is 0.0619. The van der Waals surface area contributed by atoms with Crippen LogP contribution >= 0.6 is 0 Å². The molecule has 1 amide bonds. The number of aliphatic hydroxyl groups is 1. The van der Waals surface area contributed by atoms with Crippen LogP contribution in [0.1, 0.15) is 39.5 Å². The lowest BCUT2D eigenvalue weighted by molar-refractivity contribution is -0.131. The van der Waals surface area contributed by atoms with Crippen molar-refractivity contribution in [3.63, 3.8) is 0 Å². The normalized spacial score (nSPS) is 26.7. The van der Waals surface area contributed by atoms with Crippen molar-refractivity contribution in [3.8, 4) is 0 Å². The first-order valence-corrected chi connectivity index (χ1v) is 6.27. The molecule has 1 aliphatic rings. The molecule has 0 radical (unpaired) electrons. The van der Waals surface area contributed by atoms with Crippen molar-refractivity contribution in [1.82, 2.24) is 10.6 Å². The van der Waals surface area contributed by atoms with Crippen LogP contribution in [0.15, 0.2) is 0 Å². The summed E-state index contributed by atoms with van der Waals surface area (Å²) >= 11 is 0. The van der Waals surface area contributed by atoms with E-state index in [-0.39, 0.29) is 24.0 Å². The smallest absolute Gasteiger partial charge is 0.227 e. The molecule has 0 bridgehead atoms. The van der Waals surface area contributed by atoms with Crippen LogP contribution in [-0.2, 0) is 4.79 Å². The van der Waals surface area contributed by atoms with Crippen molar-refractivity contribution in [2.45, 2.75) is 45.6 Å². The first-order chi connectivity index (χ1) is 7.64. The minimum absolute atomic E-state index is 0.0619. The molecule has 1 fully saturated rings. The molecular weight excluding hydrogens is 204 g/mol. The van der Waals surface area contributed by atoms with Crippen LogP contribution in [-0.4, -0.2) is 36.8 Å². The second-order valence-electron chi connectivity index (χ2n) is 4.84. The lowest BCUT2D eigenvalue weighted by Gasteiger charge is -2.28. The molecule has 16 heavy (non-hydrogen) atoms. The molecule has 0 spiro atoms. The van der Waals surface area contributed by atoms with Gasteiger partial charge in [0.05, 0.1) is 5.41 Å². The van der Waals surface area contributed by atoms with Gasteiger partial charge in [0.25, 0.3) is 0 Å². The first-order valence-electron chi connectivity index (χ1n) is 6.27. The molecule has 0 aromatic heterocycles. The van der Waals surface area contributed by atoms with Gasteiger partial charge in [0.1, 0.15) is 0 Å². The summed E-state index contributed by atoms with van der Waals surface area (Å²) in [6.07, 6.45) is 3.53. The minimum Gasteiger partial charge on any atom is -0.396 e. The van der Waals surface area contributed by atoms with Crippen LogP contribution in [0.25, 0.3) is 0 Å². The summed E-state index contributed by atoms with van der Waals surface area (Å²) in [7, 11) is 0. The molecule has 1 rings (SSSR count). The van der Waals surface area contributed by atoms with E-state index in [2.05, 4.69) is 17.6 Å². The van der Waals surface area contributed by atoms with E-state index in [1.165, 1.54) is 0 Å². The number of aliphatic hydroxyl groups excluding tert-OH is 1. The van der Waals surface area contributed by atoms with Gasteiger partial charge in [0.15, 0.2) is 0 Å². The lowest BCUT2D eigenvalue weighted by Crippen LogP contribution is -2.46. The maximum atomic E-state index is 12.2. The summed E-state index contributed by atoms with van der Waals surface area (Å²) in [4.78, 5) is 12.2. The highest BCUT2D eigenvalue weighted by Crippen LogP contribution is 2.31. The Bertz CT molecular complexity index is 225. The molecule has 0 aromatic rings. The summed E-state index contributed by atoms with van der Waals surface area (Å²) in [6.45, 7) is 5.90. The van der Waals surface area contributed by atoms with E-state index in [0.717, 1.165) is 32.4 Å². The predicted octanol–water partition coefficient (Wildman–Crippen LogP) is 0.653. The standard InChI is InChI=1S/C12H24N2O2/c1-3-5-12(6-7-13-9-12)11(16)14-10(2)4-8-15/h10,13,15H,3-9H2,1-2H3,(H,14,16). The van der Waals surface area contributed by atoms with Crippen LogP contribution in [0.3, 0.4) is 0 Å². The second kappa shape index (κ2) is 6.21. The summed E-state index contributed by atoms with van der Waals surface area (Å²) in [5.41, 5.74) is -0.210. The molecule has 0 aliphatic carbocycles. The predicted molar refractivity (Wildman–Crippen MR) is 64.1 cm³/mol. The number of carbonyl (C=O) groups excluding carboxylic acids is 1. The summed E-state index contributed by atoms with van der Waals surface area (Å²) in [5.74, 6) is 0.153. The number of hydrogen-bond acceptors (Lipinski definition) is 3. The Morgan fingerprint density at radius 2 is 2.38 bits per heavy atom. The summed E-state index contributed by atoms with van der Waals surface area (Å²) in [5, 5.41) is 15.1. The fraction of sp³-hybridized carbons (Fsp3) is 0.917. The van der Waals surface area contributed by atoms with Crippen molar-refractivity contribution in [2.24, 2.45) is 5.41 Å². The van der Waals surface area contributed by atoms with Gasteiger partial charge in [-0.15, -0.1) is 0 Å². The Balaban J connectivity index is 2.54. The van der Waals surface area contributed by atoms with Crippen molar-refractivity contribution in [3.05, 3.63) is 0 Å². The number of rotatable bonds is 6. The fourth-order valence-electron chi connectivity index (χ4n) is 2.39. The van der Waals surface area contributed by atoms with Crippen LogP contribution in [0.2, 0.25) is 0 Å². The van der Waals surface area contributed by atoms with E-state index in [1.807, 2.05) is 6.92 Å². The molecule has 1 saturated heterocycles. The number of nitrogens with one attached hydrogen (secondary N) is 2. The molecule has 3 N–H and O–H groups in total. The van der Waals surface area contributed by atoms with E-state index in [9.17, 15) is 4.79 Å². The van der Waals surface area contributed by atoms with E-state index in [0.29, 0.717) is 6.42 Å². The largest absolute Gasteiger partial charge is 0.396 e. The minimum atomic E-state index is -0.210. The Hall–Kier alpha value is -0.610. The molecule has 2 unspecified atom stereocenters. The second-order valence-corrected chi connectivity index (χ2v) is 4.84. The highest BCUT2D eigenvalue weighted by atomic mass is 16.3. The average Bonchev–Trinajstić information content (AvgIpc) is 2.68. The van der Waals surface area contributed by atoms with Crippen molar-refractivity contribution >= 4 is 5.91 Å². The average molecular weight is 228 g/mol. The van der Waals surface area contributed by atoms with Gasteiger partial charge in [0, 0.05) is 19.2 Å². The zero-order chi connectivity index (χ0) is 12.0. The van der Waals surface area contributed by atoms with Gasteiger partial charge >= 0.3 is 0 Å². The van der Waals surface area contributed by atoms with Gasteiger partial charge in [-0.25, -0.2) is 0 Å². The highest BCUT2D eigenvalue weighted by Gasteiger charge is 2.40. The Morgan fingerprint density at radius 1 is 1.62 bits per heavy atom. The van der Waals surface area contributed by atoms with E-state index in [1.54, 1.807) is 0 Å². The molecule has 4 heteroatoms. The number of carbonyl (C=O) groups is 1. The van der Waals surface area contributed by atoms with Crippen molar-refractivity contribution in [1.29, 1.82) is 0 Å². The molecule has 94 valence electrons. The molecule has 1 aliphatic heterocycles. The van der Waals surface area contributed by atoms with Gasteiger partial charge in [-0.05, 0) is 32.7 Å². The van der Waals surface area contributed by atoms with E-state index in [4.69, 9.17) is 5.11 Å². The van der Waals surface area contributed by atoms with Gasteiger partial charge in [-0.1, -0.05) is 13.3 Å². The Kier molecular flexibility index (Phi) is 5.22. The zero-order valence-electron chi connectivity index (χ0n) is 10.4. The number of amides is 1. The monoisotopic (exact) mass is 228 g/mol. The van der Waals surface area contributed by atoms with Gasteiger partial charge in [-0.3, -0.25) is 4.79 Å². The third-order valence-electron chi connectivity index (χ3n) is 3.39. The van der Waals surface area contributed by atoms with Crippen LogP contribution < -0.4 is 10.6 Å². The lowest BCUT2D eigenvalue weighted by atomic mass is 9.81. The quantitative estimate of drug-likeness (QED) is 0.625.